The van der Waals surface area contributed by atoms with E-state index in [1.165, 1.54) is 11.3 Å². The number of carbonyl (C=O) groups excluding carboxylic acids is 1. The first-order chi connectivity index (χ1) is 11.7. The molecule has 1 aromatic heterocycles. The maximum Gasteiger partial charge on any atom is 0.410 e. The zero-order chi connectivity index (χ0) is 18.2. The summed E-state index contributed by atoms with van der Waals surface area (Å²) in [6, 6.07) is 5.95. The Kier molecular flexibility index (Phi) is 5.25. The summed E-state index contributed by atoms with van der Waals surface area (Å²) in [5.41, 5.74) is 0.526. The molecule has 1 aliphatic heterocycles. The van der Waals surface area contributed by atoms with E-state index in [9.17, 15) is 9.59 Å². The lowest BCUT2D eigenvalue weighted by atomic mass is 9.97. The molecule has 7 heteroatoms. The van der Waals surface area contributed by atoms with Gasteiger partial charge in [-0.25, -0.2) is 4.79 Å². The van der Waals surface area contributed by atoms with E-state index in [-0.39, 0.29) is 11.0 Å². The van der Waals surface area contributed by atoms with Crippen molar-refractivity contribution in [2.45, 2.75) is 45.8 Å². The molecule has 2 aromatic rings. The molecule has 1 aliphatic rings. The van der Waals surface area contributed by atoms with Crippen LogP contribution in [0.2, 0.25) is 0 Å². The second-order valence-electron chi connectivity index (χ2n) is 7.50. The first-order valence-corrected chi connectivity index (χ1v) is 10.1. The lowest BCUT2D eigenvalue weighted by molar-refractivity contribution is 0.0178. The molecule has 0 N–H and O–H groups in total. The van der Waals surface area contributed by atoms with E-state index >= 15 is 0 Å². The number of hydrogen-bond acceptors (Lipinski definition) is 4. The van der Waals surface area contributed by atoms with Crippen LogP contribution >= 0.6 is 27.3 Å². The van der Waals surface area contributed by atoms with E-state index < -0.39 is 5.60 Å². The highest BCUT2D eigenvalue weighted by molar-refractivity contribution is 9.10. The quantitative estimate of drug-likeness (QED) is 0.711. The molecule has 0 spiro atoms. The molecule has 1 aromatic carbocycles. The Morgan fingerprint density at radius 2 is 2.00 bits per heavy atom. The van der Waals surface area contributed by atoms with Crippen LogP contribution in [0.25, 0.3) is 10.2 Å². The van der Waals surface area contributed by atoms with Gasteiger partial charge < -0.3 is 9.64 Å². The number of thiazole rings is 1. The van der Waals surface area contributed by atoms with Crippen molar-refractivity contribution in [3.05, 3.63) is 32.3 Å². The van der Waals surface area contributed by atoms with Crippen molar-refractivity contribution in [2.24, 2.45) is 5.92 Å². The van der Waals surface area contributed by atoms with E-state index in [4.69, 9.17) is 4.74 Å². The second-order valence-corrected chi connectivity index (χ2v) is 9.41. The summed E-state index contributed by atoms with van der Waals surface area (Å²) in [5, 5.41) is 0. The number of aromatic nitrogens is 1. The maximum atomic E-state index is 12.3. The van der Waals surface area contributed by atoms with Crippen LogP contribution in [0.3, 0.4) is 0 Å². The first-order valence-electron chi connectivity index (χ1n) is 8.50. The van der Waals surface area contributed by atoms with E-state index in [1.54, 1.807) is 4.90 Å². The molecule has 2 heterocycles. The number of carbonyl (C=O) groups is 1. The van der Waals surface area contributed by atoms with Gasteiger partial charge in [0.2, 0.25) is 0 Å². The SMILES string of the molecule is CC(C)(C)OC(=O)N1CCC(Cn2c(=O)sc3cc(Br)ccc32)CC1. The number of halogens is 1. The number of amides is 1. The maximum absolute atomic E-state index is 12.3. The zero-order valence-corrected chi connectivity index (χ0v) is 17.2. The third kappa shape index (κ3) is 4.44. The standard InChI is InChI=1S/C18H23BrN2O3S/c1-18(2,3)24-16(22)20-8-6-12(7-9-20)11-21-14-5-4-13(19)10-15(14)25-17(21)23/h4-5,10,12H,6-9,11H2,1-3H3. The average molecular weight is 427 g/mol. The minimum Gasteiger partial charge on any atom is -0.444 e. The smallest absolute Gasteiger partial charge is 0.410 e. The molecule has 1 saturated heterocycles. The van der Waals surface area contributed by atoms with Crippen LogP contribution in [-0.2, 0) is 11.3 Å². The first kappa shape index (κ1) is 18.5. The van der Waals surface area contributed by atoms with Gasteiger partial charge in [-0.3, -0.25) is 9.36 Å². The van der Waals surface area contributed by atoms with Gasteiger partial charge in [0.25, 0.3) is 0 Å². The highest BCUT2D eigenvalue weighted by Crippen LogP contribution is 2.25. The summed E-state index contributed by atoms with van der Waals surface area (Å²) < 4.78 is 9.30. The van der Waals surface area contributed by atoms with E-state index in [1.807, 2.05) is 43.5 Å². The van der Waals surface area contributed by atoms with Gasteiger partial charge in [0.15, 0.2) is 0 Å². The molecular formula is C18H23BrN2O3S. The topological polar surface area (TPSA) is 51.5 Å². The summed E-state index contributed by atoms with van der Waals surface area (Å²) in [5.74, 6) is 0.401. The van der Waals surface area contributed by atoms with Crippen LogP contribution in [0.15, 0.2) is 27.5 Å². The fourth-order valence-electron chi connectivity index (χ4n) is 3.10. The van der Waals surface area contributed by atoms with E-state index in [2.05, 4.69) is 15.9 Å². The van der Waals surface area contributed by atoms with Crippen molar-refractivity contribution < 1.29 is 9.53 Å². The molecular weight excluding hydrogens is 404 g/mol. The zero-order valence-electron chi connectivity index (χ0n) is 14.8. The molecule has 0 radical (unpaired) electrons. The van der Waals surface area contributed by atoms with Gasteiger partial charge in [-0.1, -0.05) is 27.3 Å². The Hall–Kier alpha value is -1.34. The summed E-state index contributed by atoms with van der Waals surface area (Å²) in [6.07, 6.45) is 1.54. The third-order valence-electron chi connectivity index (χ3n) is 4.34. The molecule has 0 saturated carbocycles. The summed E-state index contributed by atoms with van der Waals surface area (Å²) in [4.78, 5) is 26.3. The molecule has 0 unspecified atom stereocenters. The normalized spacial score (nSPS) is 16.4. The number of rotatable bonds is 2. The molecule has 25 heavy (non-hydrogen) atoms. The molecule has 1 amide bonds. The molecule has 0 bridgehead atoms. The van der Waals surface area contributed by atoms with Crippen molar-refractivity contribution >= 4 is 43.6 Å². The van der Waals surface area contributed by atoms with Crippen molar-refractivity contribution in [1.29, 1.82) is 0 Å². The number of ether oxygens (including phenoxy) is 1. The highest BCUT2D eigenvalue weighted by atomic mass is 79.9. The Bertz CT molecular complexity index is 829. The Morgan fingerprint density at radius 1 is 1.32 bits per heavy atom. The lowest BCUT2D eigenvalue weighted by Crippen LogP contribution is -2.42. The highest BCUT2D eigenvalue weighted by Gasteiger charge is 2.27. The van der Waals surface area contributed by atoms with Crippen molar-refractivity contribution in [1.82, 2.24) is 9.47 Å². The van der Waals surface area contributed by atoms with Gasteiger partial charge in [-0.15, -0.1) is 0 Å². The van der Waals surface area contributed by atoms with Crippen LogP contribution in [0.1, 0.15) is 33.6 Å². The Morgan fingerprint density at radius 3 is 2.64 bits per heavy atom. The van der Waals surface area contributed by atoms with Gasteiger partial charge in [0.05, 0.1) is 10.2 Å². The van der Waals surface area contributed by atoms with Crippen LogP contribution < -0.4 is 4.87 Å². The Balaban J connectivity index is 1.64. The monoisotopic (exact) mass is 426 g/mol. The number of hydrogen-bond donors (Lipinski definition) is 0. The molecule has 0 aliphatic carbocycles. The van der Waals surface area contributed by atoms with Crippen LogP contribution in [0, 0.1) is 5.92 Å². The van der Waals surface area contributed by atoms with Gasteiger partial charge in [0, 0.05) is 24.1 Å². The molecule has 5 nitrogen and oxygen atoms in total. The van der Waals surface area contributed by atoms with Crippen LogP contribution in [0.4, 0.5) is 4.79 Å². The largest absolute Gasteiger partial charge is 0.444 e. The van der Waals surface area contributed by atoms with E-state index in [0.717, 1.165) is 27.5 Å². The van der Waals surface area contributed by atoms with Gasteiger partial charge in [-0.2, -0.15) is 0 Å². The Labute approximate surface area is 159 Å². The van der Waals surface area contributed by atoms with Gasteiger partial charge in [-0.05, 0) is 57.7 Å². The molecule has 3 rings (SSSR count). The van der Waals surface area contributed by atoms with Gasteiger partial charge in [0.1, 0.15) is 5.60 Å². The lowest BCUT2D eigenvalue weighted by Gasteiger charge is -2.33. The van der Waals surface area contributed by atoms with Crippen LogP contribution in [0.5, 0.6) is 0 Å². The van der Waals surface area contributed by atoms with Crippen molar-refractivity contribution in [3.63, 3.8) is 0 Å². The minimum absolute atomic E-state index is 0.0858. The third-order valence-corrected chi connectivity index (χ3v) is 5.77. The fraction of sp³-hybridized carbons (Fsp3) is 0.556. The number of piperidine rings is 1. The average Bonchev–Trinajstić information content (AvgIpc) is 2.81. The predicted octanol–water partition coefficient (Wildman–Crippen LogP) is 4.47. The number of fused-ring (bicyclic) bond motifs is 1. The van der Waals surface area contributed by atoms with Crippen molar-refractivity contribution in [2.75, 3.05) is 13.1 Å². The molecule has 0 atom stereocenters. The van der Waals surface area contributed by atoms with Crippen LogP contribution in [-0.4, -0.2) is 34.3 Å². The summed E-state index contributed by atoms with van der Waals surface area (Å²) in [7, 11) is 0. The molecule has 136 valence electrons. The number of benzene rings is 1. The minimum atomic E-state index is -0.467. The number of likely N-dealkylation sites (tertiary alicyclic amines) is 1. The molecule has 1 fully saturated rings. The van der Waals surface area contributed by atoms with Gasteiger partial charge >= 0.3 is 11.0 Å². The predicted molar refractivity (Wildman–Crippen MR) is 104 cm³/mol. The summed E-state index contributed by atoms with van der Waals surface area (Å²) in [6.45, 7) is 7.71. The fourth-order valence-corrected chi connectivity index (χ4v) is 4.55. The number of nitrogens with zero attached hydrogens (tertiary/aromatic N) is 2. The van der Waals surface area contributed by atoms with E-state index in [0.29, 0.717) is 25.6 Å². The van der Waals surface area contributed by atoms with Crippen molar-refractivity contribution in [3.8, 4) is 0 Å². The second kappa shape index (κ2) is 7.11. The summed E-state index contributed by atoms with van der Waals surface area (Å²) >= 11 is 4.74.